The number of carbonyl (C=O) groups excluding carboxylic acids is 2. The summed E-state index contributed by atoms with van der Waals surface area (Å²) in [6, 6.07) is 3.36. The Labute approximate surface area is 264 Å². The number of nitrogens with one attached hydrogen (secondary N) is 1. The zero-order chi connectivity index (χ0) is 32.4. The highest BCUT2D eigenvalue weighted by atomic mass is 16.6. The lowest BCUT2D eigenvalue weighted by Crippen LogP contribution is -2.36. The van der Waals surface area contributed by atoms with Crippen LogP contribution in [-0.4, -0.2) is 152 Å². The second kappa shape index (κ2) is 25.4. The zero-order valence-electron chi connectivity index (χ0n) is 26.2. The Morgan fingerprint density at radius 1 is 0.778 bits per heavy atom. The highest BCUT2D eigenvalue weighted by molar-refractivity contribution is 5.90. The Kier molecular flexibility index (Phi) is 21.7. The van der Waals surface area contributed by atoms with Gasteiger partial charge in [0.25, 0.3) is 0 Å². The minimum atomic E-state index is -0.881. The number of carbonyl (C=O) groups is 3. The van der Waals surface area contributed by atoms with Gasteiger partial charge in [0, 0.05) is 32.4 Å². The van der Waals surface area contributed by atoms with Crippen molar-refractivity contribution >= 4 is 17.8 Å². The van der Waals surface area contributed by atoms with Gasteiger partial charge in [-0.1, -0.05) is 6.07 Å². The molecule has 1 aromatic heterocycles. The molecule has 0 spiro atoms. The van der Waals surface area contributed by atoms with Crippen molar-refractivity contribution in [2.45, 2.75) is 18.9 Å². The summed E-state index contributed by atoms with van der Waals surface area (Å²) in [4.78, 5) is 41.0. The van der Waals surface area contributed by atoms with Crippen molar-refractivity contribution in [2.75, 3.05) is 119 Å². The largest absolute Gasteiger partial charge is 0.481 e. The van der Waals surface area contributed by atoms with Gasteiger partial charge in [0.2, 0.25) is 11.8 Å². The van der Waals surface area contributed by atoms with Crippen molar-refractivity contribution in [3.05, 3.63) is 30.1 Å². The van der Waals surface area contributed by atoms with Crippen LogP contribution in [0.2, 0.25) is 0 Å². The van der Waals surface area contributed by atoms with Gasteiger partial charge in [-0.25, -0.2) is 0 Å². The van der Waals surface area contributed by atoms with E-state index in [1.54, 1.807) is 30.4 Å². The Hall–Kier alpha value is -2.76. The number of hydrogen-bond donors (Lipinski definition) is 2. The van der Waals surface area contributed by atoms with Gasteiger partial charge >= 0.3 is 5.97 Å². The van der Waals surface area contributed by atoms with E-state index in [1.165, 1.54) is 0 Å². The van der Waals surface area contributed by atoms with E-state index in [4.69, 9.17) is 43.0 Å². The van der Waals surface area contributed by atoms with Crippen molar-refractivity contribution in [1.82, 2.24) is 15.2 Å². The number of carboxylic acids is 1. The van der Waals surface area contributed by atoms with E-state index in [-0.39, 0.29) is 37.3 Å². The number of aliphatic carboxylic acids is 1. The SMILES string of the molecule is CN1C(=O)C[C@H](C(=O)NCCOCCOCCOCCOCCOCCOCCOCCOCCC(=O)O)[C@H]1c1cccnc1. The quantitative estimate of drug-likeness (QED) is 0.114. The molecule has 256 valence electrons. The Morgan fingerprint density at radius 3 is 1.64 bits per heavy atom. The van der Waals surface area contributed by atoms with Crippen LogP contribution in [0.3, 0.4) is 0 Å². The highest BCUT2D eigenvalue weighted by Gasteiger charge is 2.42. The number of aromatic nitrogens is 1. The lowest BCUT2D eigenvalue weighted by atomic mass is 9.94. The molecule has 2 amide bonds. The maximum Gasteiger partial charge on any atom is 0.305 e. The predicted octanol–water partition coefficient (Wildman–Crippen LogP) is 0.325. The number of hydrogen-bond acceptors (Lipinski definition) is 12. The summed E-state index contributed by atoms with van der Waals surface area (Å²) in [6.45, 7) is 6.96. The van der Waals surface area contributed by atoms with Gasteiger partial charge in [-0.05, 0) is 11.6 Å². The average molecular weight is 644 g/mol. The van der Waals surface area contributed by atoms with Gasteiger partial charge in [0.05, 0.1) is 124 Å². The summed E-state index contributed by atoms with van der Waals surface area (Å²) in [5, 5.41) is 11.4. The molecule has 1 aliphatic rings. The fourth-order valence-corrected chi connectivity index (χ4v) is 4.29. The van der Waals surface area contributed by atoms with Crippen LogP contribution in [-0.2, 0) is 52.3 Å². The van der Waals surface area contributed by atoms with Crippen molar-refractivity contribution < 1.29 is 57.4 Å². The van der Waals surface area contributed by atoms with Gasteiger partial charge in [-0.2, -0.15) is 0 Å². The molecule has 0 aliphatic carbocycles. The molecule has 0 saturated carbocycles. The van der Waals surface area contributed by atoms with Gasteiger partial charge in [-0.3, -0.25) is 19.4 Å². The van der Waals surface area contributed by atoms with Crippen LogP contribution < -0.4 is 5.32 Å². The fourth-order valence-electron chi connectivity index (χ4n) is 4.29. The van der Waals surface area contributed by atoms with Crippen LogP contribution in [0.4, 0.5) is 0 Å². The number of pyridine rings is 1. The monoisotopic (exact) mass is 643 g/mol. The van der Waals surface area contributed by atoms with E-state index < -0.39 is 11.9 Å². The topological polar surface area (TPSA) is 173 Å². The van der Waals surface area contributed by atoms with Crippen LogP contribution in [0.1, 0.15) is 24.4 Å². The lowest BCUT2D eigenvalue weighted by molar-refractivity contribution is -0.138. The maximum absolute atomic E-state index is 12.7. The molecular formula is C30H49N3O12. The zero-order valence-corrected chi connectivity index (χ0v) is 26.2. The minimum absolute atomic E-state index is 0.00992. The molecule has 15 heteroatoms. The predicted molar refractivity (Wildman–Crippen MR) is 160 cm³/mol. The second-order valence-corrected chi connectivity index (χ2v) is 9.88. The minimum Gasteiger partial charge on any atom is -0.481 e. The first-order valence-corrected chi connectivity index (χ1v) is 15.3. The third-order valence-electron chi connectivity index (χ3n) is 6.56. The molecule has 0 aromatic carbocycles. The summed E-state index contributed by atoms with van der Waals surface area (Å²) in [7, 11) is 1.71. The molecular weight excluding hydrogens is 594 g/mol. The number of likely N-dealkylation sites (tertiary alicyclic amines) is 1. The fraction of sp³-hybridized carbons (Fsp3) is 0.733. The van der Waals surface area contributed by atoms with Gasteiger partial charge in [0.15, 0.2) is 0 Å². The third kappa shape index (κ3) is 18.1. The molecule has 2 atom stereocenters. The summed E-state index contributed by atoms with van der Waals surface area (Å²) in [6.07, 6.45) is 3.52. The molecule has 1 fully saturated rings. The van der Waals surface area contributed by atoms with Gasteiger partial charge in [0.1, 0.15) is 0 Å². The van der Waals surface area contributed by atoms with Gasteiger partial charge in [-0.15, -0.1) is 0 Å². The molecule has 0 unspecified atom stereocenters. The molecule has 1 aromatic rings. The van der Waals surface area contributed by atoms with Crippen LogP contribution in [0.15, 0.2) is 24.5 Å². The number of amides is 2. The van der Waals surface area contributed by atoms with Gasteiger partial charge < -0.3 is 53.2 Å². The summed E-state index contributed by atoms with van der Waals surface area (Å²) >= 11 is 0. The van der Waals surface area contributed by atoms with Crippen molar-refractivity contribution in [3.8, 4) is 0 Å². The third-order valence-corrected chi connectivity index (χ3v) is 6.56. The van der Waals surface area contributed by atoms with E-state index >= 15 is 0 Å². The average Bonchev–Trinajstić information content (AvgIpc) is 3.34. The van der Waals surface area contributed by atoms with E-state index in [0.29, 0.717) is 106 Å². The molecule has 45 heavy (non-hydrogen) atoms. The summed E-state index contributed by atoms with van der Waals surface area (Å²) in [5.74, 6) is -1.58. The molecule has 2 rings (SSSR count). The Balaban J connectivity index is 1.28. The second-order valence-electron chi connectivity index (χ2n) is 9.88. The molecule has 0 radical (unpaired) electrons. The van der Waals surface area contributed by atoms with Crippen LogP contribution in [0, 0.1) is 5.92 Å². The van der Waals surface area contributed by atoms with Crippen LogP contribution in [0.25, 0.3) is 0 Å². The van der Waals surface area contributed by atoms with E-state index in [0.717, 1.165) is 5.56 Å². The first-order chi connectivity index (χ1) is 22.0. The summed E-state index contributed by atoms with van der Waals surface area (Å²) < 4.78 is 43.1. The summed E-state index contributed by atoms with van der Waals surface area (Å²) in [5.41, 5.74) is 0.844. The van der Waals surface area contributed by atoms with Crippen LogP contribution >= 0.6 is 0 Å². The van der Waals surface area contributed by atoms with Crippen molar-refractivity contribution in [3.63, 3.8) is 0 Å². The smallest absolute Gasteiger partial charge is 0.305 e. The normalized spacial score (nSPS) is 16.4. The Bertz CT molecular complexity index is 927. The molecule has 1 aliphatic heterocycles. The number of carboxylic acid groups (broad SMARTS) is 1. The standard InChI is InChI=1S/C30H49N3O12/c1-33-27(34)23-26(29(33)25-3-2-5-31-24-25)30(37)32-6-8-39-10-12-41-14-16-43-18-20-45-22-21-44-19-17-42-15-13-40-11-9-38-7-4-28(35)36/h2-3,5,24,26,29H,4,6-23H2,1H3,(H,32,37)(H,35,36)/t26-,29+/m0/s1. The molecule has 0 bridgehead atoms. The lowest BCUT2D eigenvalue weighted by Gasteiger charge is -2.24. The first-order valence-electron chi connectivity index (χ1n) is 15.3. The first kappa shape index (κ1) is 38.4. The van der Waals surface area contributed by atoms with E-state index in [9.17, 15) is 14.4 Å². The van der Waals surface area contributed by atoms with Crippen molar-refractivity contribution in [1.29, 1.82) is 0 Å². The molecule has 1 saturated heterocycles. The molecule has 15 nitrogen and oxygen atoms in total. The maximum atomic E-state index is 12.7. The highest BCUT2D eigenvalue weighted by Crippen LogP contribution is 2.36. The number of rotatable bonds is 29. The molecule has 2 N–H and O–H groups in total. The number of ether oxygens (including phenoxy) is 8. The molecule has 2 heterocycles. The van der Waals surface area contributed by atoms with Crippen molar-refractivity contribution in [2.24, 2.45) is 5.92 Å². The van der Waals surface area contributed by atoms with Crippen LogP contribution in [0.5, 0.6) is 0 Å². The van der Waals surface area contributed by atoms with E-state index in [1.807, 2.05) is 6.07 Å². The number of nitrogens with zero attached hydrogens (tertiary/aromatic N) is 2. The Morgan fingerprint density at radius 2 is 1.22 bits per heavy atom. The van der Waals surface area contributed by atoms with E-state index in [2.05, 4.69) is 10.3 Å².